The van der Waals surface area contributed by atoms with E-state index in [2.05, 4.69) is 25.1 Å². The lowest BCUT2D eigenvalue weighted by molar-refractivity contribution is 0.432. The number of hydrogen-bond donors (Lipinski definition) is 1. The summed E-state index contributed by atoms with van der Waals surface area (Å²) in [4.78, 5) is 17.9. The Morgan fingerprint density at radius 3 is 2.96 bits per heavy atom. The molecule has 0 saturated heterocycles. The topological polar surface area (TPSA) is 80.5 Å². The van der Waals surface area contributed by atoms with Gasteiger partial charge in [-0.2, -0.15) is 4.98 Å². The molecule has 0 atom stereocenters. The van der Waals surface area contributed by atoms with Gasteiger partial charge in [0.15, 0.2) is 5.01 Å². The molecule has 0 spiro atoms. The van der Waals surface area contributed by atoms with Crippen LogP contribution in [0.5, 0.6) is 0 Å². The van der Waals surface area contributed by atoms with Crippen LogP contribution in [0, 0.1) is 6.92 Å². The van der Waals surface area contributed by atoms with Crippen LogP contribution in [-0.2, 0) is 0 Å². The second-order valence-corrected chi connectivity index (χ2v) is 7.06. The molecule has 1 aromatic carbocycles. The van der Waals surface area contributed by atoms with E-state index in [1.54, 1.807) is 11.3 Å². The van der Waals surface area contributed by atoms with Crippen molar-refractivity contribution in [3.05, 3.63) is 35.1 Å². The molecule has 114 valence electrons. The van der Waals surface area contributed by atoms with Gasteiger partial charge in [-0.3, -0.25) is 0 Å². The molecule has 6 nitrogen and oxygen atoms in total. The largest absolute Gasteiger partial charge is 0.342 e. The number of imidazole rings is 1. The summed E-state index contributed by atoms with van der Waals surface area (Å²) in [5, 5.41) is 4.81. The Hall–Kier alpha value is -2.54. The first-order chi connectivity index (χ1) is 11.3. The van der Waals surface area contributed by atoms with Crippen molar-refractivity contribution >= 4 is 22.4 Å². The molecule has 3 aromatic heterocycles. The van der Waals surface area contributed by atoms with Crippen molar-refractivity contribution in [2.24, 2.45) is 0 Å². The molecule has 23 heavy (non-hydrogen) atoms. The van der Waals surface area contributed by atoms with Crippen molar-refractivity contribution in [3.63, 3.8) is 0 Å². The van der Waals surface area contributed by atoms with Crippen molar-refractivity contribution in [2.75, 3.05) is 0 Å². The van der Waals surface area contributed by atoms with Gasteiger partial charge in [0.25, 0.3) is 5.89 Å². The van der Waals surface area contributed by atoms with Crippen LogP contribution >= 0.6 is 11.3 Å². The molecule has 5 rings (SSSR count). The molecule has 1 saturated carbocycles. The Morgan fingerprint density at radius 1 is 1.26 bits per heavy atom. The summed E-state index contributed by atoms with van der Waals surface area (Å²) in [6.45, 7) is 2.01. The average Bonchev–Trinajstić information content (AvgIpc) is 2.98. The Bertz CT molecular complexity index is 1010. The second-order valence-electron chi connectivity index (χ2n) is 5.83. The monoisotopic (exact) mass is 323 g/mol. The minimum atomic E-state index is 0.498. The van der Waals surface area contributed by atoms with E-state index in [1.807, 2.05) is 31.3 Å². The third-order valence-corrected chi connectivity index (χ3v) is 4.86. The fourth-order valence-electron chi connectivity index (χ4n) is 2.60. The first-order valence-corrected chi connectivity index (χ1v) is 8.34. The number of aromatic nitrogens is 5. The molecule has 1 N–H and O–H groups in total. The van der Waals surface area contributed by atoms with Crippen LogP contribution in [0.2, 0.25) is 0 Å². The van der Waals surface area contributed by atoms with E-state index in [0.29, 0.717) is 17.6 Å². The Kier molecular flexibility index (Phi) is 2.66. The van der Waals surface area contributed by atoms with Crippen molar-refractivity contribution in [2.45, 2.75) is 25.7 Å². The lowest BCUT2D eigenvalue weighted by atomic mass is 10.2. The highest BCUT2D eigenvalue weighted by Crippen LogP contribution is 2.39. The maximum atomic E-state index is 5.40. The summed E-state index contributed by atoms with van der Waals surface area (Å²) in [7, 11) is 0. The van der Waals surface area contributed by atoms with Gasteiger partial charge in [-0.25, -0.2) is 9.97 Å². The van der Waals surface area contributed by atoms with Crippen molar-refractivity contribution in [1.82, 2.24) is 25.1 Å². The number of nitrogens with zero attached hydrogens (tertiary/aromatic N) is 4. The molecule has 1 fully saturated rings. The van der Waals surface area contributed by atoms with Gasteiger partial charge in [0.1, 0.15) is 5.82 Å². The third kappa shape index (κ3) is 2.24. The van der Waals surface area contributed by atoms with Gasteiger partial charge in [-0.1, -0.05) is 5.16 Å². The number of hydrogen-bond acceptors (Lipinski definition) is 6. The van der Waals surface area contributed by atoms with E-state index >= 15 is 0 Å². The van der Waals surface area contributed by atoms with E-state index < -0.39 is 0 Å². The van der Waals surface area contributed by atoms with Crippen LogP contribution in [0.3, 0.4) is 0 Å². The zero-order valence-electron chi connectivity index (χ0n) is 12.4. The molecule has 3 heterocycles. The quantitative estimate of drug-likeness (QED) is 0.618. The smallest absolute Gasteiger partial charge is 0.258 e. The molecule has 0 aliphatic heterocycles. The maximum absolute atomic E-state index is 5.40. The number of thiazole rings is 1. The minimum Gasteiger partial charge on any atom is -0.342 e. The minimum absolute atomic E-state index is 0.498. The van der Waals surface area contributed by atoms with Gasteiger partial charge in [0.2, 0.25) is 5.82 Å². The SMILES string of the molecule is Cc1cnc(-c2noc(-c3ccc4nc(C5CC5)[nH]c4c3)n2)s1. The van der Waals surface area contributed by atoms with Crippen LogP contribution in [0.15, 0.2) is 28.9 Å². The first kappa shape index (κ1) is 13.0. The van der Waals surface area contributed by atoms with Crippen LogP contribution < -0.4 is 0 Å². The van der Waals surface area contributed by atoms with Gasteiger partial charge < -0.3 is 9.51 Å². The lowest BCUT2D eigenvalue weighted by Gasteiger charge is -1.93. The van der Waals surface area contributed by atoms with Crippen LogP contribution in [-0.4, -0.2) is 25.1 Å². The van der Waals surface area contributed by atoms with E-state index in [0.717, 1.165) is 32.3 Å². The zero-order chi connectivity index (χ0) is 15.4. The van der Waals surface area contributed by atoms with Crippen LogP contribution in [0.25, 0.3) is 33.3 Å². The summed E-state index contributed by atoms with van der Waals surface area (Å²) in [5.41, 5.74) is 2.87. The molecule has 4 aromatic rings. The third-order valence-electron chi connectivity index (χ3n) is 3.95. The summed E-state index contributed by atoms with van der Waals surface area (Å²) in [5.74, 6) is 2.72. The van der Waals surface area contributed by atoms with Gasteiger partial charge in [0.05, 0.1) is 11.0 Å². The van der Waals surface area contributed by atoms with E-state index in [-0.39, 0.29) is 0 Å². The molecule has 0 bridgehead atoms. The summed E-state index contributed by atoms with van der Waals surface area (Å²) >= 11 is 1.55. The summed E-state index contributed by atoms with van der Waals surface area (Å²) in [6.07, 6.45) is 4.27. The maximum Gasteiger partial charge on any atom is 0.258 e. The molecule has 1 aliphatic rings. The highest BCUT2D eigenvalue weighted by Gasteiger charge is 2.26. The summed E-state index contributed by atoms with van der Waals surface area (Å²) in [6, 6.07) is 5.97. The Morgan fingerprint density at radius 2 is 2.17 bits per heavy atom. The fraction of sp³-hybridized carbons (Fsp3) is 0.250. The predicted molar refractivity (Wildman–Crippen MR) is 87.2 cm³/mol. The highest BCUT2D eigenvalue weighted by molar-refractivity contribution is 7.14. The molecule has 0 radical (unpaired) electrons. The van der Waals surface area contributed by atoms with E-state index in [4.69, 9.17) is 4.52 Å². The molecular weight excluding hydrogens is 310 g/mol. The van der Waals surface area contributed by atoms with Gasteiger partial charge >= 0.3 is 0 Å². The van der Waals surface area contributed by atoms with Crippen LogP contribution in [0.4, 0.5) is 0 Å². The fourth-order valence-corrected chi connectivity index (χ4v) is 3.29. The average molecular weight is 323 g/mol. The molecule has 1 aliphatic carbocycles. The molecule has 0 unspecified atom stereocenters. The first-order valence-electron chi connectivity index (χ1n) is 7.53. The van der Waals surface area contributed by atoms with Gasteiger partial charge in [-0.15, -0.1) is 11.3 Å². The lowest BCUT2D eigenvalue weighted by Crippen LogP contribution is -1.80. The predicted octanol–water partition coefficient (Wildman–Crippen LogP) is 3.92. The van der Waals surface area contributed by atoms with E-state index in [9.17, 15) is 0 Å². The number of benzene rings is 1. The molecule has 7 heteroatoms. The number of aromatic amines is 1. The zero-order valence-corrected chi connectivity index (χ0v) is 13.2. The second kappa shape index (κ2) is 4.73. The van der Waals surface area contributed by atoms with Crippen LogP contribution in [0.1, 0.15) is 29.5 Å². The normalized spacial score (nSPS) is 14.7. The molecular formula is C16H13N5OS. The van der Waals surface area contributed by atoms with Gasteiger partial charge in [0, 0.05) is 22.6 Å². The Balaban J connectivity index is 1.53. The van der Waals surface area contributed by atoms with Crippen molar-refractivity contribution < 1.29 is 4.52 Å². The number of rotatable bonds is 3. The standard InChI is InChI=1S/C16H13N5OS/c1-8-7-17-16(23-8)14-20-15(22-21-14)10-4-5-11-12(6-10)19-13(18-11)9-2-3-9/h4-7,9H,2-3H2,1H3,(H,18,19). The van der Waals surface area contributed by atoms with E-state index in [1.165, 1.54) is 12.8 Å². The van der Waals surface area contributed by atoms with Crippen molar-refractivity contribution in [3.8, 4) is 22.3 Å². The highest BCUT2D eigenvalue weighted by atomic mass is 32.1. The summed E-state index contributed by atoms with van der Waals surface area (Å²) < 4.78 is 5.40. The Labute approximate surface area is 135 Å². The molecule has 0 amide bonds. The number of fused-ring (bicyclic) bond motifs is 1. The number of aryl methyl sites for hydroxylation is 1. The number of H-pyrrole nitrogens is 1. The van der Waals surface area contributed by atoms with Crippen molar-refractivity contribution in [1.29, 1.82) is 0 Å². The number of nitrogens with one attached hydrogen (secondary N) is 1. The van der Waals surface area contributed by atoms with Gasteiger partial charge in [-0.05, 0) is 38.0 Å².